The van der Waals surface area contributed by atoms with Crippen molar-refractivity contribution in [2.75, 3.05) is 13.1 Å². The fourth-order valence-electron chi connectivity index (χ4n) is 4.08. The number of benzene rings is 1. The molecule has 21 heteroatoms. The van der Waals surface area contributed by atoms with Crippen LogP contribution >= 0.6 is 11.6 Å². The van der Waals surface area contributed by atoms with Crippen LogP contribution in [0.15, 0.2) is 47.5 Å². The third-order valence-electron chi connectivity index (χ3n) is 6.33. The van der Waals surface area contributed by atoms with Crippen LogP contribution in [0.3, 0.4) is 0 Å². The third kappa shape index (κ3) is 8.95. The van der Waals surface area contributed by atoms with Gasteiger partial charge in [-0.1, -0.05) is 11.6 Å². The second-order valence-electron chi connectivity index (χ2n) is 11.1. The van der Waals surface area contributed by atoms with Crippen molar-refractivity contribution < 1.29 is 41.0 Å². The van der Waals surface area contributed by atoms with Crippen molar-refractivity contribution in [1.29, 1.82) is 0 Å². The molecule has 0 unspecified atom stereocenters. The summed E-state index contributed by atoms with van der Waals surface area (Å²) in [6.45, 7) is -0.429. The number of hydrogen-bond acceptors (Lipinski definition) is 9. The highest BCUT2D eigenvalue weighted by atomic mass is 35.5. The number of halogens is 7. The molecule has 3 heterocycles. The van der Waals surface area contributed by atoms with Gasteiger partial charge in [-0.3, -0.25) is 19.1 Å². The molecule has 2 amide bonds. The van der Waals surface area contributed by atoms with Crippen LogP contribution in [0, 0.1) is 0 Å². The fourth-order valence-corrected chi connectivity index (χ4v) is 4.20. The molecule has 14 nitrogen and oxygen atoms in total. The van der Waals surface area contributed by atoms with E-state index in [0.717, 1.165) is 23.1 Å². The van der Waals surface area contributed by atoms with Crippen LogP contribution in [0.4, 0.5) is 26.3 Å². The van der Waals surface area contributed by atoms with Crippen molar-refractivity contribution in [2.45, 2.75) is 50.9 Å². The van der Waals surface area contributed by atoms with Crippen LogP contribution in [0.5, 0.6) is 0 Å². The molecule has 0 fully saturated rings. The largest absolute Gasteiger partial charge is 0.416 e. The Morgan fingerprint density at radius 3 is 2.25 bits per heavy atom. The quantitative estimate of drug-likeness (QED) is 0.170. The van der Waals surface area contributed by atoms with Crippen LogP contribution in [0.25, 0.3) is 17.1 Å². The van der Waals surface area contributed by atoms with E-state index < -0.39 is 67.0 Å². The van der Waals surface area contributed by atoms with Gasteiger partial charge in [0, 0.05) is 28.9 Å². The van der Waals surface area contributed by atoms with Gasteiger partial charge in [-0.05, 0) is 44.2 Å². The second-order valence-corrected chi connectivity index (χ2v) is 11.5. The lowest BCUT2D eigenvalue weighted by Crippen LogP contribution is -2.45. The summed E-state index contributed by atoms with van der Waals surface area (Å²) >= 11 is 5.91. The van der Waals surface area contributed by atoms with E-state index in [1.807, 2.05) is 0 Å². The molecular formula is C27H27ClF6N10O4. The fraction of sp³-hybridized carbons (Fsp3) is 0.370. The number of nitrogens with one attached hydrogen (secondary N) is 2. The van der Waals surface area contributed by atoms with Gasteiger partial charge in [-0.2, -0.15) is 26.3 Å². The first-order valence-corrected chi connectivity index (χ1v) is 14.1. The van der Waals surface area contributed by atoms with Gasteiger partial charge in [-0.15, -0.1) is 10.2 Å². The zero-order valence-corrected chi connectivity index (χ0v) is 25.7. The molecule has 0 saturated carbocycles. The number of nitrogens with two attached hydrogens (primary N) is 1. The molecule has 0 bridgehead atoms. The SMILES string of the molecule is CC(C)(N)CNC(=O)c1nc(Cn2nc(-c3ccc(Cl)cc3)n(C[C@H](O)C(F)(F)F)c2=O)nn1-c1cnccc1C(=O)NCC(F)(F)F. The van der Waals surface area contributed by atoms with E-state index in [2.05, 4.69) is 25.5 Å². The monoisotopic (exact) mass is 704 g/mol. The Morgan fingerprint density at radius 1 is 1.00 bits per heavy atom. The number of hydrogen-bond donors (Lipinski definition) is 4. The molecule has 0 aliphatic carbocycles. The summed E-state index contributed by atoms with van der Waals surface area (Å²) in [5.74, 6) is -3.21. The van der Waals surface area contributed by atoms with E-state index in [4.69, 9.17) is 17.3 Å². The Balaban J connectivity index is 1.81. The van der Waals surface area contributed by atoms with Crippen molar-refractivity contribution >= 4 is 23.4 Å². The molecule has 0 aliphatic heterocycles. The number of aliphatic hydroxyl groups excluding tert-OH is 1. The lowest BCUT2D eigenvalue weighted by atomic mass is 10.1. The van der Waals surface area contributed by atoms with E-state index in [-0.39, 0.29) is 40.0 Å². The molecule has 4 aromatic rings. The Hall–Kier alpha value is -4.82. The predicted molar refractivity (Wildman–Crippen MR) is 156 cm³/mol. The van der Waals surface area contributed by atoms with Gasteiger partial charge >= 0.3 is 18.0 Å². The lowest BCUT2D eigenvalue weighted by molar-refractivity contribution is -0.207. The van der Waals surface area contributed by atoms with Gasteiger partial charge in [0.05, 0.1) is 24.0 Å². The van der Waals surface area contributed by atoms with Crippen molar-refractivity contribution in [3.63, 3.8) is 0 Å². The van der Waals surface area contributed by atoms with Crippen molar-refractivity contribution in [3.05, 3.63) is 75.4 Å². The molecule has 4 rings (SSSR count). The number of carbonyl (C=O) groups is 2. The zero-order valence-electron chi connectivity index (χ0n) is 25.0. The Labute approximate surface area is 271 Å². The first kappa shape index (κ1) is 36.0. The van der Waals surface area contributed by atoms with Crippen LogP contribution < -0.4 is 22.1 Å². The van der Waals surface area contributed by atoms with Gasteiger partial charge in [0.25, 0.3) is 11.8 Å². The average Bonchev–Trinajstić information content (AvgIpc) is 3.55. The summed E-state index contributed by atoms with van der Waals surface area (Å²) in [6.07, 6.45) is -10.6. The normalized spacial score (nSPS) is 13.0. The number of carbonyl (C=O) groups excluding carboxylic acids is 2. The molecule has 0 aliphatic rings. The summed E-state index contributed by atoms with van der Waals surface area (Å²) in [7, 11) is 0. The summed E-state index contributed by atoms with van der Waals surface area (Å²) in [4.78, 5) is 47.3. The highest BCUT2D eigenvalue weighted by molar-refractivity contribution is 6.30. The topological polar surface area (TPSA) is 188 Å². The first-order valence-electron chi connectivity index (χ1n) is 13.7. The second kappa shape index (κ2) is 13.7. The minimum atomic E-state index is -5.08. The molecular weight excluding hydrogens is 678 g/mol. The van der Waals surface area contributed by atoms with E-state index in [9.17, 15) is 45.8 Å². The molecule has 3 aromatic heterocycles. The van der Waals surface area contributed by atoms with E-state index >= 15 is 0 Å². The van der Waals surface area contributed by atoms with Crippen LogP contribution in [0.2, 0.25) is 5.02 Å². The molecule has 1 aromatic carbocycles. The van der Waals surface area contributed by atoms with E-state index in [0.29, 0.717) is 9.25 Å². The predicted octanol–water partition coefficient (Wildman–Crippen LogP) is 2.07. The summed E-state index contributed by atoms with van der Waals surface area (Å²) in [5, 5.41) is 22.5. The number of aromatic nitrogens is 7. The van der Waals surface area contributed by atoms with E-state index in [1.165, 1.54) is 24.3 Å². The van der Waals surface area contributed by atoms with Crippen molar-refractivity contribution in [2.24, 2.45) is 5.73 Å². The van der Waals surface area contributed by atoms with Gasteiger partial charge in [-0.25, -0.2) is 19.1 Å². The lowest BCUT2D eigenvalue weighted by Gasteiger charge is -2.18. The number of nitrogens with zero attached hydrogens (tertiary/aromatic N) is 7. The maximum atomic E-state index is 13.4. The van der Waals surface area contributed by atoms with Gasteiger partial charge in [0.1, 0.15) is 13.1 Å². The van der Waals surface area contributed by atoms with Crippen molar-refractivity contribution in [3.8, 4) is 17.1 Å². The molecule has 48 heavy (non-hydrogen) atoms. The molecule has 0 saturated heterocycles. The van der Waals surface area contributed by atoms with Crippen molar-refractivity contribution in [1.82, 2.24) is 44.7 Å². The Kier molecular flexibility index (Phi) is 10.3. The zero-order chi connectivity index (χ0) is 35.6. The minimum Gasteiger partial charge on any atom is -0.382 e. The van der Waals surface area contributed by atoms with Gasteiger partial charge < -0.3 is 21.5 Å². The molecule has 258 valence electrons. The van der Waals surface area contributed by atoms with Crippen LogP contribution in [0.1, 0.15) is 40.6 Å². The standard InChI is InChI=1S/C27H27ClF6N10O4/c1-25(2,35)12-37-23(47)21-39-19(40-44(21)17-9-36-8-7-16(17)22(46)38-13-26(29,30)31)11-43-24(48)42(10-18(45)27(32,33)34)20(41-43)14-3-5-15(28)6-4-14/h3-9,18,45H,10-13,35H2,1-2H3,(H,37,47)(H,38,46)/t18-/m0/s1. The number of alkyl halides is 6. The first-order chi connectivity index (χ1) is 22.2. The van der Waals surface area contributed by atoms with Crippen LogP contribution in [-0.2, 0) is 13.1 Å². The highest BCUT2D eigenvalue weighted by Gasteiger charge is 2.39. The number of pyridine rings is 1. The molecule has 0 radical (unpaired) electrons. The summed E-state index contributed by atoms with van der Waals surface area (Å²) < 4.78 is 80.2. The Morgan fingerprint density at radius 2 is 1.65 bits per heavy atom. The minimum absolute atomic E-state index is 0.0875. The number of rotatable bonds is 11. The third-order valence-corrected chi connectivity index (χ3v) is 6.58. The smallest absolute Gasteiger partial charge is 0.382 e. The van der Waals surface area contributed by atoms with E-state index in [1.54, 1.807) is 19.2 Å². The average molecular weight is 705 g/mol. The number of aliphatic hydroxyl groups is 1. The molecule has 5 N–H and O–H groups in total. The number of amides is 2. The summed E-state index contributed by atoms with van der Waals surface area (Å²) in [6, 6.07) is 6.64. The van der Waals surface area contributed by atoms with Crippen LogP contribution in [-0.4, -0.2) is 88.1 Å². The maximum Gasteiger partial charge on any atom is 0.416 e. The van der Waals surface area contributed by atoms with Gasteiger partial charge in [0.15, 0.2) is 17.8 Å². The van der Waals surface area contributed by atoms with Gasteiger partial charge in [0.2, 0.25) is 5.82 Å². The molecule has 1 atom stereocenters. The highest BCUT2D eigenvalue weighted by Crippen LogP contribution is 2.24. The molecule has 0 spiro atoms. The Bertz CT molecular complexity index is 1850. The maximum absolute atomic E-state index is 13.4. The summed E-state index contributed by atoms with van der Waals surface area (Å²) in [5.41, 5.74) is 3.42.